The first-order valence-electron chi connectivity index (χ1n) is 8.83. The lowest BCUT2D eigenvalue weighted by atomic mass is 9.99. The Morgan fingerprint density at radius 2 is 1.84 bits per heavy atom. The maximum absolute atomic E-state index is 12.4. The van der Waals surface area contributed by atoms with Crippen molar-refractivity contribution < 1.29 is 14.4 Å². The quantitative estimate of drug-likeness (QED) is 0.822. The molecule has 2 N–H and O–H groups in total. The Labute approximate surface area is 149 Å². The molecule has 136 valence electrons. The molecule has 0 saturated heterocycles. The molecule has 1 aromatic carbocycles. The summed E-state index contributed by atoms with van der Waals surface area (Å²) in [4.78, 5) is 38.0. The normalized spacial score (nSPS) is 13.6. The van der Waals surface area contributed by atoms with E-state index in [2.05, 4.69) is 10.6 Å². The van der Waals surface area contributed by atoms with Crippen LogP contribution in [0.4, 0.5) is 11.4 Å². The van der Waals surface area contributed by atoms with Gasteiger partial charge in [-0.3, -0.25) is 14.4 Å². The Hall–Kier alpha value is -2.37. The summed E-state index contributed by atoms with van der Waals surface area (Å²) < 4.78 is 0. The van der Waals surface area contributed by atoms with Crippen molar-refractivity contribution in [3.63, 3.8) is 0 Å². The molecular weight excluding hydrogens is 318 g/mol. The zero-order valence-electron chi connectivity index (χ0n) is 15.4. The number of hydrogen-bond donors (Lipinski definition) is 2. The van der Waals surface area contributed by atoms with Gasteiger partial charge in [0.05, 0.1) is 0 Å². The Morgan fingerprint density at radius 3 is 2.48 bits per heavy atom. The van der Waals surface area contributed by atoms with Crippen LogP contribution in [0, 0.1) is 11.8 Å². The molecule has 3 amide bonds. The van der Waals surface area contributed by atoms with Crippen LogP contribution in [-0.2, 0) is 20.8 Å². The lowest BCUT2D eigenvalue weighted by molar-refractivity contribution is -0.136. The van der Waals surface area contributed by atoms with Crippen molar-refractivity contribution in [3.8, 4) is 0 Å². The lowest BCUT2D eigenvalue weighted by Crippen LogP contribution is -2.38. The number of fused-ring (bicyclic) bond motifs is 1. The van der Waals surface area contributed by atoms with E-state index in [1.807, 2.05) is 33.8 Å². The fourth-order valence-corrected chi connectivity index (χ4v) is 2.76. The number of benzene rings is 1. The van der Waals surface area contributed by atoms with E-state index in [4.69, 9.17) is 0 Å². The van der Waals surface area contributed by atoms with E-state index >= 15 is 0 Å². The number of nitrogens with zero attached hydrogens (tertiary/aromatic N) is 1. The van der Waals surface area contributed by atoms with Gasteiger partial charge >= 0.3 is 11.8 Å². The van der Waals surface area contributed by atoms with Crippen LogP contribution in [-0.4, -0.2) is 30.8 Å². The Bertz CT molecular complexity index is 668. The molecule has 0 radical (unpaired) electrons. The van der Waals surface area contributed by atoms with Crippen molar-refractivity contribution in [3.05, 3.63) is 23.8 Å². The van der Waals surface area contributed by atoms with Gasteiger partial charge in [0.2, 0.25) is 5.91 Å². The van der Waals surface area contributed by atoms with Gasteiger partial charge in [0.15, 0.2) is 0 Å². The third kappa shape index (κ3) is 4.81. The number of rotatable bonds is 4. The van der Waals surface area contributed by atoms with Gasteiger partial charge < -0.3 is 15.5 Å². The molecule has 1 aromatic rings. The van der Waals surface area contributed by atoms with Crippen molar-refractivity contribution in [1.29, 1.82) is 0 Å². The smallest absolute Gasteiger partial charge is 0.313 e. The second kappa shape index (κ2) is 8.14. The van der Waals surface area contributed by atoms with Crippen LogP contribution in [0.25, 0.3) is 0 Å². The number of carbonyl (C=O) groups excluding carboxylic acids is 3. The Balaban J connectivity index is 2.14. The summed E-state index contributed by atoms with van der Waals surface area (Å²) in [5.41, 5.74) is 2.43. The van der Waals surface area contributed by atoms with Crippen molar-refractivity contribution in [1.82, 2.24) is 5.32 Å². The second-order valence-corrected chi connectivity index (χ2v) is 7.15. The van der Waals surface area contributed by atoms with Gasteiger partial charge in [0, 0.05) is 30.4 Å². The fourth-order valence-electron chi connectivity index (χ4n) is 2.76. The number of amides is 3. The molecule has 0 atom stereocenters. The minimum absolute atomic E-state index is 0.0686. The maximum atomic E-state index is 12.4. The molecule has 0 bridgehead atoms. The van der Waals surface area contributed by atoms with Gasteiger partial charge in [-0.25, -0.2) is 0 Å². The zero-order chi connectivity index (χ0) is 18.6. The molecule has 1 aliphatic heterocycles. The summed E-state index contributed by atoms with van der Waals surface area (Å²) in [5.74, 6) is -1.10. The van der Waals surface area contributed by atoms with E-state index in [1.54, 1.807) is 17.0 Å². The molecule has 0 saturated carbocycles. The molecule has 0 fully saturated rings. The molecule has 0 unspecified atom stereocenters. The highest BCUT2D eigenvalue weighted by molar-refractivity contribution is 6.39. The number of aryl methyl sites for hydroxylation is 1. The minimum Gasteiger partial charge on any atom is -0.348 e. The van der Waals surface area contributed by atoms with E-state index in [-0.39, 0.29) is 17.7 Å². The Morgan fingerprint density at radius 1 is 1.12 bits per heavy atom. The fraction of sp³-hybridized carbons (Fsp3) is 0.526. The Kier molecular flexibility index (Phi) is 6.17. The molecule has 1 aliphatic rings. The molecular formula is C19H27N3O3. The van der Waals surface area contributed by atoms with E-state index in [0.29, 0.717) is 18.8 Å². The topological polar surface area (TPSA) is 78.5 Å². The first-order chi connectivity index (χ1) is 11.8. The summed E-state index contributed by atoms with van der Waals surface area (Å²) in [6, 6.07) is 5.47. The highest BCUT2D eigenvalue weighted by Crippen LogP contribution is 2.31. The highest BCUT2D eigenvalue weighted by atomic mass is 16.2. The summed E-state index contributed by atoms with van der Waals surface area (Å²) in [7, 11) is 0. The van der Waals surface area contributed by atoms with Gasteiger partial charge in [0.25, 0.3) is 0 Å². The molecule has 0 aromatic heterocycles. The third-order valence-electron chi connectivity index (χ3n) is 4.10. The minimum atomic E-state index is -0.696. The molecule has 25 heavy (non-hydrogen) atoms. The average molecular weight is 345 g/mol. The molecule has 0 spiro atoms. The van der Waals surface area contributed by atoms with Crippen molar-refractivity contribution in [2.24, 2.45) is 11.8 Å². The van der Waals surface area contributed by atoms with Gasteiger partial charge in [-0.1, -0.05) is 33.8 Å². The summed E-state index contributed by atoms with van der Waals surface area (Å²) in [5, 5.41) is 5.21. The van der Waals surface area contributed by atoms with Crippen LogP contribution in [0.1, 0.15) is 39.7 Å². The van der Waals surface area contributed by atoms with Crippen LogP contribution < -0.4 is 15.5 Å². The first kappa shape index (κ1) is 19.0. The molecule has 6 heteroatoms. The summed E-state index contributed by atoms with van der Waals surface area (Å²) in [6.45, 7) is 8.80. The van der Waals surface area contributed by atoms with Crippen LogP contribution >= 0.6 is 0 Å². The van der Waals surface area contributed by atoms with E-state index in [1.165, 1.54) is 0 Å². The zero-order valence-corrected chi connectivity index (χ0v) is 15.4. The number of carbonyl (C=O) groups is 3. The van der Waals surface area contributed by atoms with Crippen molar-refractivity contribution in [2.75, 3.05) is 23.3 Å². The molecule has 0 aliphatic carbocycles. The SMILES string of the molecule is CC(C)CNC(=O)C(=O)Nc1ccc2c(c1)N(C(=O)C(C)C)CCC2. The first-order valence-corrected chi connectivity index (χ1v) is 8.83. The molecule has 2 rings (SSSR count). The largest absolute Gasteiger partial charge is 0.348 e. The monoisotopic (exact) mass is 345 g/mol. The predicted molar refractivity (Wildman–Crippen MR) is 98.4 cm³/mol. The van der Waals surface area contributed by atoms with E-state index < -0.39 is 11.8 Å². The maximum Gasteiger partial charge on any atom is 0.313 e. The molecule has 1 heterocycles. The number of hydrogen-bond acceptors (Lipinski definition) is 3. The summed E-state index contributed by atoms with van der Waals surface area (Å²) in [6.07, 6.45) is 1.83. The lowest BCUT2D eigenvalue weighted by Gasteiger charge is -2.31. The molecule has 6 nitrogen and oxygen atoms in total. The predicted octanol–water partition coefficient (Wildman–Crippen LogP) is 2.33. The van der Waals surface area contributed by atoms with Crippen molar-refractivity contribution in [2.45, 2.75) is 40.5 Å². The van der Waals surface area contributed by atoms with Crippen LogP contribution in [0.3, 0.4) is 0 Å². The van der Waals surface area contributed by atoms with Crippen molar-refractivity contribution >= 4 is 29.1 Å². The highest BCUT2D eigenvalue weighted by Gasteiger charge is 2.25. The van der Waals surface area contributed by atoms with Gasteiger partial charge in [-0.15, -0.1) is 0 Å². The van der Waals surface area contributed by atoms with E-state index in [9.17, 15) is 14.4 Å². The standard InChI is InChI=1S/C19H27N3O3/c1-12(2)11-20-17(23)18(24)21-15-8-7-14-6-5-9-22(16(14)10-15)19(25)13(3)4/h7-8,10,12-13H,5-6,9,11H2,1-4H3,(H,20,23)(H,21,24). The van der Waals surface area contributed by atoms with Crippen LogP contribution in [0.15, 0.2) is 18.2 Å². The van der Waals surface area contributed by atoms with E-state index in [0.717, 1.165) is 24.1 Å². The average Bonchev–Trinajstić information content (AvgIpc) is 2.58. The number of anilines is 2. The van der Waals surface area contributed by atoms with Crippen LogP contribution in [0.5, 0.6) is 0 Å². The van der Waals surface area contributed by atoms with Gasteiger partial charge in [-0.2, -0.15) is 0 Å². The summed E-state index contributed by atoms with van der Waals surface area (Å²) >= 11 is 0. The van der Waals surface area contributed by atoms with Gasteiger partial charge in [0.1, 0.15) is 0 Å². The number of nitrogens with one attached hydrogen (secondary N) is 2. The second-order valence-electron chi connectivity index (χ2n) is 7.15. The van der Waals surface area contributed by atoms with Gasteiger partial charge in [-0.05, 0) is 36.5 Å². The third-order valence-corrected chi connectivity index (χ3v) is 4.10. The van der Waals surface area contributed by atoms with Crippen LogP contribution in [0.2, 0.25) is 0 Å².